The zero-order valence-corrected chi connectivity index (χ0v) is 16.8. The van der Waals surface area contributed by atoms with Gasteiger partial charge in [0.2, 0.25) is 0 Å². The molecule has 0 bridgehead atoms. The van der Waals surface area contributed by atoms with E-state index >= 15 is 0 Å². The molecule has 1 rings (SSSR count). The lowest BCUT2D eigenvalue weighted by Crippen LogP contribution is -2.37. The number of hydrogen-bond acceptors (Lipinski definition) is 4. The average Bonchev–Trinajstić information content (AvgIpc) is 2.54. The molecule has 0 aliphatic carbocycles. The van der Waals surface area contributed by atoms with E-state index in [1.807, 2.05) is 32.9 Å². The van der Waals surface area contributed by atoms with E-state index in [2.05, 4.69) is 37.5 Å². The molecule has 26 heavy (non-hydrogen) atoms. The fourth-order valence-electron chi connectivity index (χ4n) is 2.21. The number of hydrogen-bond donors (Lipinski definition) is 2. The third-order valence-corrected chi connectivity index (χ3v) is 3.57. The Bertz CT molecular complexity index is 606. The molecule has 0 spiro atoms. The molecular weight excluding hydrogens is 332 g/mol. The molecule has 1 aromatic rings. The molecule has 0 saturated carbocycles. The SMILES string of the molecule is Cc1ccc(OCC(=O)NCCNC(=O)OCC(C)C)c(C(C)(C)C)c1. The zero-order chi connectivity index (χ0) is 19.7. The first-order chi connectivity index (χ1) is 12.1. The van der Waals surface area contributed by atoms with Crippen LogP contribution in [0, 0.1) is 12.8 Å². The van der Waals surface area contributed by atoms with Gasteiger partial charge in [-0.3, -0.25) is 4.79 Å². The summed E-state index contributed by atoms with van der Waals surface area (Å²) in [5.41, 5.74) is 2.15. The van der Waals surface area contributed by atoms with Crippen molar-refractivity contribution in [2.24, 2.45) is 5.92 Å². The van der Waals surface area contributed by atoms with Crippen LogP contribution in [0.15, 0.2) is 18.2 Å². The molecule has 0 aliphatic rings. The van der Waals surface area contributed by atoms with Crippen LogP contribution in [-0.4, -0.2) is 38.3 Å². The first-order valence-electron chi connectivity index (χ1n) is 9.01. The molecular formula is C20H32N2O4. The molecule has 0 unspecified atom stereocenters. The second-order valence-corrected chi connectivity index (χ2v) is 7.81. The third-order valence-electron chi connectivity index (χ3n) is 3.57. The molecule has 0 saturated heterocycles. The number of rotatable bonds is 8. The number of ether oxygens (including phenoxy) is 2. The summed E-state index contributed by atoms with van der Waals surface area (Å²) < 4.78 is 10.7. The summed E-state index contributed by atoms with van der Waals surface area (Å²) in [6, 6.07) is 5.95. The van der Waals surface area contributed by atoms with Gasteiger partial charge in [-0.05, 0) is 29.9 Å². The highest BCUT2D eigenvalue weighted by Crippen LogP contribution is 2.32. The lowest BCUT2D eigenvalue weighted by molar-refractivity contribution is -0.123. The molecule has 1 aromatic carbocycles. The van der Waals surface area contributed by atoms with Crippen LogP contribution in [0.25, 0.3) is 0 Å². The van der Waals surface area contributed by atoms with Gasteiger partial charge in [-0.2, -0.15) is 0 Å². The number of nitrogens with one attached hydrogen (secondary N) is 2. The second-order valence-electron chi connectivity index (χ2n) is 7.81. The van der Waals surface area contributed by atoms with E-state index in [-0.39, 0.29) is 23.8 Å². The minimum absolute atomic E-state index is 0.0655. The van der Waals surface area contributed by atoms with Crippen LogP contribution in [-0.2, 0) is 14.9 Å². The van der Waals surface area contributed by atoms with Crippen molar-refractivity contribution in [3.63, 3.8) is 0 Å². The Balaban J connectivity index is 2.36. The summed E-state index contributed by atoms with van der Waals surface area (Å²) in [5.74, 6) is 0.772. The number of carbonyl (C=O) groups excluding carboxylic acids is 2. The Morgan fingerprint density at radius 1 is 1.12 bits per heavy atom. The largest absolute Gasteiger partial charge is 0.483 e. The highest BCUT2D eigenvalue weighted by atomic mass is 16.5. The van der Waals surface area contributed by atoms with E-state index in [9.17, 15) is 9.59 Å². The van der Waals surface area contributed by atoms with Crippen molar-refractivity contribution < 1.29 is 19.1 Å². The van der Waals surface area contributed by atoms with E-state index in [4.69, 9.17) is 9.47 Å². The summed E-state index contributed by atoms with van der Waals surface area (Å²) in [7, 11) is 0. The maximum Gasteiger partial charge on any atom is 0.407 e. The molecule has 0 radical (unpaired) electrons. The number of carbonyl (C=O) groups is 2. The van der Waals surface area contributed by atoms with Gasteiger partial charge in [-0.25, -0.2) is 4.79 Å². The van der Waals surface area contributed by atoms with Crippen LogP contribution in [0.3, 0.4) is 0 Å². The molecule has 0 heterocycles. The molecule has 6 nitrogen and oxygen atoms in total. The Kier molecular flexibility index (Phi) is 8.42. The molecule has 2 N–H and O–H groups in total. The second kappa shape index (κ2) is 10.0. The van der Waals surface area contributed by atoms with Gasteiger partial charge in [0.25, 0.3) is 5.91 Å². The lowest BCUT2D eigenvalue weighted by Gasteiger charge is -2.23. The van der Waals surface area contributed by atoms with E-state index in [0.29, 0.717) is 25.4 Å². The van der Waals surface area contributed by atoms with Gasteiger partial charge in [0.05, 0.1) is 6.61 Å². The van der Waals surface area contributed by atoms with E-state index in [1.165, 1.54) is 0 Å². The first-order valence-corrected chi connectivity index (χ1v) is 9.01. The van der Waals surface area contributed by atoms with Crippen molar-refractivity contribution in [1.29, 1.82) is 0 Å². The highest BCUT2D eigenvalue weighted by Gasteiger charge is 2.19. The fourth-order valence-corrected chi connectivity index (χ4v) is 2.21. The van der Waals surface area contributed by atoms with Crippen LogP contribution in [0.2, 0.25) is 0 Å². The average molecular weight is 364 g/mol. The standard InChI is InChI=1S/C20H32N2O4/c1-14(2)12-26-19(24)22-10-9-21-18(23)13-25-17-8-7-15(3)11-16(17)20(4,5)6/h7-8,11,14H,9-10,12-13H2,1-6H3,(H,21,23)(H,22,24). The van der Waals surface area contributed by atoms with Crippen LogP contribution in [0.1, 0.15) is 45.7 Å². The molecule has 0 aliphatic heterocycles. The van der Waals surface area contributed by atoms with Gasteiger partial charge in [0.15, 0.2) is 6.61 Å². The number of benzene rings is 1. The van der Waals surface area contributed by atoms with Gasteiger partial charge >= 0.3 is 6.09 Å². The van der Waals surface area contributed by atoms with Crippen LogP contribution in [0.4, 0.5) is 4.79 Å². The lowest BCUT2D eigenvalue weighted by atomic mass is 9.85. The third kappa shape index (κ3) is 8.23. The van der Waals surface area contributed by atoms with Gasteiger partial charge in [0, 0.05) is 13.1 Å². The first kappa shape index (κ1) is 21.8. The summed E-state index contributed by atoms with van der Waals surface area (Å²) in [6.07, 6.45) is -0.473. The topological polar surface area (TPSA) is 76.7 Å². The zero-order valence-electron chi connectivity index (χ0n) is 16.8. The Labute approximate surface area is 156 Å². The number of aryl methyl sites for hydroxylation is 1. The van der Waals surface area contributed by atoms with Crippen molar-refractivity contribution in [2.75, 3.05) is 26.3 Å². The fraction of sp³-hybridized carbons (Fsp3) is 0.600. The molecule has 146 valence electrons. The Morgan fingerprint density at radius 2 is 1.77 bits per heavy atom. The van der Waals surface area contributed by atoms with Crippen molar-refractivity contribution in [3.05, 3.63) is 29.3 Å². The predicted molar refractivity (Wildman–Crippen MR) is 103 cm³/mol. The summed E-state index contributed by atoms with van der Waals surface area (Å²) in [4.78, 5) is 23.3. The smallest absolute Gasteiger partial charge is 0.407 e. The highest BCUT2D eigenvalue weighted by molar-refractivity contribution is 5.77. The van der Waals surface area contributed by atoms with Crippen LogP contribution >= 0.6 is 0 Å². The van der Waals surface area contributed by atoms with E-state index < -0.39 is 6.09 Å². The van der Waals surface area contributed by atoms with Crippen LogP contribution in [0.5, 0.6) is 5.75 Å². The molecule has 6 heteroatoms. The quantitative estimate of drug-likeness (QED) is 0.695. The van der Waals surface area contributed by atoms with Gasteiger partial charge in [0.1, 0.15) is 5.75 Å². The summed E-state index contributed by atoms with van der Waals surface area (Å²) >= 11 is 0. The summed E-state index contributed by atoms with van der Waals surface area (Å²) in [6.45, 7) is 13.2. The normalized spacial score (nSPS) is 11.2. The maximum absolute atomic E-state index is 11.9. The predicted octanol–water partition coefficient (Wildman–Crippen LogP) is 3.17. The monoisotopic (exact) mass is 364 g/mol. The van der Waals surface area contributed by atoms with Crippen molar-refractivity contribution >= 4 is 12.0 Å². The van der Waals surface area contributed by atoms with Gasteiger partial charge in [-0.15, -0.1) is 0 Å². The van der Waals surface area contributed by atoms with Gasteiger partial charge < -0.3 is 20.1 Å². The number of amides is 2. The van der Waals surface area contributed by atoms with Crippen molar-refractivity contribution in [1.82, 2.24) is 10.6 Å². The van der Waals surface area contributed by atoms with E-state index in [0.717, 1.165) is 11.1 Å². The molecule has 2 amide bonds. The Morgan fingerprint density at radius 3 is 2.38 bits per heavy atom. The minimum atomic E-state index is -0.473. The molecule has 0 aromatic heterocycles. The minimum Gasteiger partial charge on any atom is -0.483 e. The van der Waals surface area contributed by atoms with Crippen LogP contribution < -0.4 is 15.4 Å². The Hall–Kier alpha value is -2.24. The summed E-state index contributed by atoms with van der Waals surface area (Å²) in [5, 5.41) is 5.29. The van der Waals surface area contributed by atoms with E-state index in [1.54, 1.807) is 0 Å². The maximum atomic E-state index is 11.9. The van der Waals surface area contributed by atoms with Gasteiger partial charge in [-0.1, -0.05) is 52.3 Å². The molecule has 0 atom stereocenters. The van der Waals surface area contributed by atoms with Crippen molar-refractivity contribution in [2.45, 2.75) is 47.0 Å². The van der Waals surface area contributed by atoms with Crippen molar-refractivity contribution in [3.8, 4) is 5.75 Å². The number of alkyl carbamates (subject to hydrolysis) is 1. The molecule has 0 fully saturated rings.